The average Bonchev–Trinajstić information content (AvgIpc) is 2.53. The first-order valence-corrected chi connectivity index (χ1v) is 9.03. The maximum atomic E-state index is 5.64. The minimum atomic E-state index is 0.820. The number of hydrogen-bond donors (Lipinski definition) is 0. The SMILES string of the molecule is CCCOc1ccc(CC[C@H]2CC[C@H](CCC)CC2)cc1. The van der Waals surface area contributed by atoms with Gasteiger partial charge in [0.15, 0.2) is 0 Å². The second kappa shape index (κ2) is 9.12. The topological polar surface area (TPSA) is 9.23 Å². The lowest BCUT2D eigenvalue weighted by molar-refractivity contribution is 0.252. The molecule has 0 unspecified atom stereocenters. The molecule has 21 heavy (non-hydrogen) atoms. The molecule has 0 amide bonds. The highest BCUT2D eigenvalue weighted by Gasteiger charge is 2.20. The first-order valence-electron chi connectivity index (χ1n) is 9.03. The highest BCUT2D eigenvalue weighted by Crippen LogP contribution is 2.33. The van der Waals surface area contributed by atoms with Crippen molar-refractivity contribution in [3.63, 3.8) is 0 Å². The van der Waals surface area contributed by atoms with Gasteiger partial charge in [-0.05, 0) is 48.8 Å². The Morgan fingerprint density at radius 3 is 2.05 bits per heavy atom. The molecular weight excluding hydrogens is 256 g/mol. The minimum absolute atomic E-state index is 0.820. The molecule has 1 aromatic rings. The second-order valence-electron chi connectivity index (χ2n) is 6.71. The fourth-order valence-electron chi connectivity index (χ4n) is 3.56. The summed E-state index contributed by atoms with van der Waals surface area (Å²) < 4.78 is 5.64. The molecule has 1 aliphatic carbocycles. The summed E-state index contributed by atoms with van der Waals surface area (Å²) in [5.41, 5.74) is 1.47. The molecule has 0 atom stereocenters. The Kier molecular flexibility index (Phi) is 7.12. The Hall–Kier alpha value is -0.980. The van der Waals surface area contributed by atoms with Crippen LogP contribution in [0.25, 0.3) is 0 Å². The lowest BCUT2D eigenvalue weighted by Crippen LogP contribution is -2.15. The Balaban J connectivity index is 1.69. The average molecular weight is 288 g/mol. The van der Waals surface area contributed by atoms with Gasteiger partial charge in [0.25, 0.3) is 0 Å². The monoisotopic (exact) mass is 288 g/mol. The first kappa shape index (κ1) is 16.4. The van der Waals surface area contributed by atoms with E-state index < -0.39 is 0 Å². The Morgan fingerprint density at radius 1 is 0.857 bits per heavy atom. The zero-order valence-corrected chi connectivity index (χ0v) is 13.9. The van der Waals surface area contributed by atoms with Gasteiger partial charge in [-0.1, -0.05) is 64.5 Å². The van der Waals surface area contributed by atoms with Crippen LogP contribution in [0.15, 0.2) is 24.3 Å². The molecule has 0 spiro atoms. The Labute approximate surface area is 131 Å². The third-order valence-electron chi connectivity index (χ3n) is 4.90. The van der Waals surface area contributed by atoms with Gasteiger partial charge in [0.2, 0.25) is 0 Å². The summed E-state index contributed by atoms with van der Waals surface area (Å²) in [5.74, 6) is 3.01. The molecule has 1 nitrogen and oxygen atoms in total. The van der Waals surface area contributed by atoms with Gasteiger partial charge in [0.1, 0.15) is 5.75 Å². The molecule has 2 rings (SSSR count). The summed E-state index contributed by atoms with van der Waals surface area (Å²) in [6, 6.07) is 8.74. The van der Waals surface area contributed by atoms with E-state index in [0.29, 0.717) is 0 Å². The van der Waals surface area contributed by atoms with Crippen LogP contribution in [0.4, 0.5) is 0 Å². The largest absolute Gasteiger partial charge is 0.494 e. The fraction of sp³-hybridized carbons (Fsp3) is 0.700. The summed E-state index contributed by atoms with van der Waals surface area (Å²) in [7, 11) is 0. The molecule has 0 saturated heterocycles. The van der Waals surface area contributed by atoms with Crippen LogP contribution in [0, 0.1) is 11.8 Å². The molecule has 1 aliphatic rings. The molecule has 1 aromatic carbocycles. The third-order valence-corrected chi connectivity index (χ3v) is 4.90. The van der Waals surface area contributed by atoms with Crippen molar-refractivity contribution in [1.82, 2.24) is 0 Å². The fourth-order valence-corrected chi connectivity index (χ4v) is 3.56. The number of aryl methyl sites for hydroxylation is 1. The lowest BCUT2D eigenvalue weighted by Gasteiger charge is -2.28. The van der Waals surface area contributed by atoms with Gasteiger partial charge in [-0.2, -0.15) is 0 Å². The highest BCUT2D eigenvalue weighted by molar-refractivity contribution is 5.27. The molecule has 1 heteroatoms. The van der Waals surface area contributed by atoms with Gasteiger partial charge in [-0.25, -0.2) is 0 Å². The van der Waals surface area contributed by atoms with Crippen LogP contribution in [-0.2, 0) is 6.42 Å². The van der Waals surface area contributed by atoms with Crippen LogP contribution in [0.1, 0.15) is 70.8 Å². The van der Waals surface area contributed by atoms with Crippen molar-refractivity contribution in [2.75, 3.05) is 6.61 Å². The van der Waals surface area contributed by atoms with E-state index in [4.69, 9.17) is 4.74 Å². The highest BCUT2D eigenvalue weighted by atomic mass is 16.5. The quantitative estimate of drug-likeness (QED) is 0.569. The van der Waals surface area contributed by atoms with Crippen molar-refractivity contribution in [2.45, 2.75) is 71.6 Å². The molecule has 1 fully saturated rings. The molecule has 118 valence electrons. The number of benzene rings is 1. The van der Waals surface area contributed by atoms with Crippen LogP contribution >= 0.6 is 0 Å². The van der Waals surface area contributed by atoms with Crippen molar-refractivity contribution in [2.24, 2.45) is 11.8 Å². The molecule has 1 saturated carbocycles. The molecule has 0 bridgehead atoms. The molecule has 0 aromatic heterocycles. The van der Waals surface area contributed by atoms with E-state index in [1.165, 1.54) is 56.9 Å². The standard InChI is InChI=1S/C20H32O/c1-3-5-17-6-8-18(9-7-17)10-11-19-12-14-20(15-13-19)21-16-4-2/h12-15,17-18H,3-11,16H2,1-2H3/t17-,18-. The molecule has 0 radical (unpaired) electrons. The van der Waals surface area contributed by atoms with Crippen LogP contribution < -0.4 is 4.74 Å². The van der Waals surface area contributed by atoms with Gasteiger partial charge >= 0.3 is 0 Å². The smallest absolute Gasteiger partial charge is 0.119 e. The summed E-state index contributed by atoms with van der Waals surface area (Å²) in [4.78, 5) is 0. The van der Waals surface area contributed by atoms with E-state index in [1.54, 1.807) is 0 Å². The van der Waals surface area contributed by atoms with E-state index >= 15 is 0 Å². The first-order chi connectivity index (χ1) is 10.3. The van der Waals surface area contributed by atoms with E-state index in [0.717, 1.165) is 30.6 Å². The zero-order chi connectivity index (χ0) is 14.9. The minimum Gasteiger partial charge on any atom is -0.494 e. The van der Waals surface area contributed by atoms with Gasteiger partial charge in [0.05, 0.1) is 6.61 Å². The molecule has 0 N–H and O–H groups in total. The van der Waals surface area contributed by atoms with Crippen molar-refractivity contribution >= 4 is 0 Å². The number of hydrogen-bond acceptors (Lipinski definition) is 1. The molecular formula is C20H32O. The van der Waals surface area contributed by atoms with E-state index in [2.05, 4.69) is 38.1 Å². The Bertz CT molecular complexity index is 373. The van der Waals surface area contributed by atoms with E-state index in [-0.39, 0.29) is 0 Å². The van der Waals surface area contributed by atoms with Crippen molar-refractivity contribution in [3.8, 4) is 5.75 Å². The summed E-state index contributed by atoms with van der Waals surface area (Å²) in [6.07, 6.45) is 12.4. The predicted molar refractivity (Wildman–Crippen MR) is 90.9 cm³/mol. The van der Waals surface area contributed by atoms with Crippen LogP contribution in [0.3, 0.4) is 0 Å². The summed E-state index contributed by atoms with van der Waals surface area (Å²) >= 11 is 0. The van der Waals surface area contributed by atoms with Crippen LogP contribution in [-0.4, -0.2) is 6.61 Å². The molecule has 0 aliphatic heterocycles. The summed E-state index contributed by atoms with van der Waals surface area (Å²) in [5, 5.41) is 0. The maximum Gasteiger partial charge on any atom is 0.119 e. The van der Waals surface area contributed by atoms with Gasteiger partial charge < -0.3 is 4.74 Å². The number of rotatable bonds is 8. The maximum absolute atomic E-state index is 5.64. The van der Waals surface area contributed by atoms with Gasteiger partial charge in [-0.15, -0.1) is 0 Å². The third kappa shape index (κ3) is 5.73. The van der Waals surface area contributed by atoms with Crippen LogP contribution in [0.5, 0.6) is 5.75 Å². The van der Waals surface area contributed by atoms with Crippen molar-refractivity contribution < 1.29 is 4.74 Å². The normalized spacial score (nSPS) is 22.2. The number of ether oxygens (including phenoxy) is 1. The van der Waals surface area contributed by atoms with Crippen molar-refractivity contribution in [3.05, 3.63) is 29.8 Å². The van der Waals surface area contributed by atoms with Crippen molar-refractivity contribution in [1.29, 1.82) is 0 Å². The van der Waals surface area contributed by atoms with E-state index in [9.17, 15) is 0 Å². The predicted octanol–water partition coefficient (Wildman–Crippen LogP) is 6.01. The zero-order valence-electron chi connectivity index (χ0n) is 13.9. The second-order valence-corrected chi connectivity index (χ2v) is 6.71. The lowest BCUT2D eigenvalue weighted by atomic mass is 9.78. The van der Waals surface area contributed by atoms with E-state index in [1.807, 2.05) is 0 Å². The van der Waals surface area contributed by atoms with Gasteiger partial charge in [-0.3, -0.25) is 0 Å². The molecule has 0 heterocycles. The Morgan fingerprint density at radius 2 is 1.48 bits per heavy atom. The summed E-state index contributed by atoms with van der Waals surface area (Å²) in [6.45, 7) is 5.28. The van der Waals surface area contributed by atoms with Gasteiger partial charge in [0, 0.05) is 0 Å². The van der Waals surface area contributed by atoms with Crippen LogP contribution in [0.2, 0.25) is 0 Å².